The molecule has 3 rings (SSSR count). The second-order valence-electron chi connectivity index (χ2n) is 5.11. The number of rotatable bonds is 5. The van der Waals surface area contributed by atoms with Gasteiger partial charge < -0.3 is 5.32 Å². The molecule has 0 saturated heterocycles. The molecule has 3 aromatic rings. The predicted molar refractivity (Wildman–Crippen MR) is 103 cm³/mol. The van der Waals surface area contributed by atoms with Crippen LogP contribution in [0.25, 0.3) is 5.69 Å². The van der Waals surface area contributed by atoms with Crippen LogP contribution in [-0.2, 0) is 4.79 Å². The number of halogens is 1. The van der Waals surface area contributed by atoms with Crippen LogP contribution in [-0.4, -0.2) is 20.9 Å². The van der Waals surface area contributed by atoms with E-state index in [0.717, 1.165) is 5.69 Å². The molecule has 0 aliphatic carbocycles. The molecule has 1 atom stereocenters. The summed E-state index contributed by atoms with van der Waals surface area (Å²) in [4.78, 5) is 12.3. The van der Waals surface area contributed by atoms with Crippen molar-refractivity contribution in [3.8, 4) is 5.69 Å². The summed E-state index contributed by atoms with van der Waals surface area (Å²) in [6.45, 7) is 1.75. The molecule has 0 aliphatic heterocycles. The minimum Gasteiger partial charge on any atom is -0.323 e. The Hall–Kier alpha value is -2.03. The maximum atomic E-state index is 13.6. The Morgan fingerprint density at radius 3 is 2.64 bits per heavy atom. The van der Waals surface area contributed by atoms with Gasteiger partial charge in [-0.3, -0.25) is 4.79 Å². The summed E-state index contributed by atoms with van der Waals surface area (Å²) in [5.74, 6) is -0.750. The van der Waals surface area contributed by atoms with Crippen LogP contribution in [0.4, 0.5) is 10.1 Å². The molecule has 2 aromatic carbocycles. The summed E-state index contributed by atoms with van der Waals surface area (Å²) in [7, 11) is 0. The zero-order valence-electron chi connectivity index (χ0n) is 13.2. The van der Waals surface area contributed by atoms with E-state index in [0.29, 0.717) is 8.29 Å². The van der Waals surface area contributed by atoms with Gasteiger partial charge >= 0.3 is 0 Å². The fraction of sp³-hybridized carbons (Fsp3) is 0.118. The van der Waals surface area contributed by atoms with E-state index < -0.39 is 11.1 Å². The van der Waals surface area contributed by atoms with E-state index in [1.54, 1.807) is 23.7 Å². The zero-order chi connectivity index (χ0) is 17.8. The number of carbonyl (C=O) groups is 1. The first-order valence-electron chi connectivity index (χ1n) is 7.42. The molecule has 1 aromatic heterocycles. The highest BCUT2D eigenvalue weighted by Gasteiger charge is 2.18. The van der Waals surface area contributed by atoms with E-state index >= 15 is 0 Å². The normalized spacial score (nSPS) is 11.9. The van der Waals surface area contributed by atoms with Gasteiger partial charge in [-0.25, -0.2) is 9.07 Å². The molecule has 1 heterocycles. The van der Waals surface area contributed by atoms with Crippen LogP contribution < -0.4 is 5.32 Å². The lowest BCUT2D eigenvalue weighted by Crippen LogP contribution is -2.22. The van der Waals surface area contributed by atoms with Gasteiger partial charge in [-0.05, 0) is 43.4 Å². The van der Waals surface area contributed by atoms with Gasteiger partial charge in [0.2, 0.25) is 5.91 Å². The smallest absolute Gasteiger partial charge is 0.237 e. The van der Waals surface area contributed by atoms with Crippen LogP contribution >= 0.6 is 35.3 Å². The van der Waals surface area contributed by atoms with Crippen molar-refractivity contribution >= 4 is 46.9 Å². The third-order valence-corrected chi connectivity index (χ3v) is 5.72. The SMILES string of the molecule is C[C@H](Sc1nn(-c2ccccc2)c(=S)s1)C(=O)Nc1ccccc1F. The Balaban J connectivity index is 1.71. The molecule has 0 bridgehead atoms. The van der Waals surface area contributed by atoms with Gasteiger partial charge in [0.1, 0.15) is 5.82 Å². The molecular weight excluding hydrogens is 377 g/mol. The van der Waals surface area contributed by atoms with E-state index in [4.69, 9.17) is 12.2 Å². The average molecular weight is 392 g/mol. The van der Waals surface area contributed by atoms with Crippen molar-refractivity contribution in [2.75, 3.05) is 5.32 Å². The number of nitrogens with zero attached hydrogens (tertiary/aromatic N) is 2. The van der Waals surface area contributed by atoms with Crippen molar-refractivity contribution in [1.29, 1.82) is 0 Å². The summed E-state index contributed by atoms with van der Waals surface area (Å²) < 4.78 is 16.6. The first-order valence-corrected chi connectivity index (χ1v) is 9.52. The van der Waals surface area contributed by atoms with E-state index in [2.05, 4.69) is 10.4 Å². The Kier molecular flexibility index (Phi) is 5.62. The van der Waals surface area contributed by atoms with Gasteiger partial charge in [-0.15, -0.1) is 5.10 Å². The summed E-state index contributed by atoms with van der Waals surface area (Å²) in [5.41, 5.74) is 1.04. The van der Waals surface area contributed by atoms with Gasteiger partial charge in [0.25, 0.3) is 0 Å². The number of aromatic nitrogens is 2. The Labute approximate surface area is 157 Å². The van der Waals surface area contributed by atoms with E-state index in [-0.39, 0.29) is 11.6 Å². The number of nitrogens with one attached hydrogen (secondary N) is 1. The maximum Gasteiger partial charge on any atom is 0.237 e. The van der Waals surface area contributed by atoms with Crippen molar-refractivity contribution in [3.05, 3.63) is 64.4 Å². The van der Waals surface area contributed by atoms with E-state index in [9.17, 15) is 9.18 Å². The lowest BCUT2D eigenvalue weighted by atomic mass is 10.3. The lowest BCUT2D eigenvalue weighted by molar-refractivity contribution is -0.115. The zero-order valence-corrected chi connectivity index (χ0v) is 15.6. The number of amides is 1. The Morgan fingerprint density at radius 1 is 1.24 bits per heavy atom. The summed E-state index contributed by atoms with van der Waals surface area (Å²) in [6, 6.07) is 15.7. The number of carbonyl (C=O) groups excluding carboxylic acids is 1. The highest BCUT2D eigenvalue weighted by molar-refractivity contribution is 8.02. The Morgan fingerprint density at radius 2 is 1.92 bits per heavy atom. The van der Waals surface area contributed by atoms with E-state index in [1.165, 1.54) is 35.2 Å². The Bertz CT molecular complexity index is 940. The van der Waals surface area contributed by atoms with Crippen LogP contribution in [0.5, 0.6) is 0 Å². The average Bonchev–Trinajstić information content (AvgIpc) is 2.98. The van der Waals surface area contributed by atoms with Crippen molar-refractivity contribution in [1.82, 2.24) is 9.78 Å². The highest BCUT2D eigenvalue weighted by Crippen LogP contribution is 2.28. The fourth-order valence-electron chi connectivity index (χ4n) is 2.04. The largest absolute Gasteiger partial charge is 0.323 e. The number of para-hydroxylation sites is 2. The quantitative estimate of drug-likeness (QED) is 0.495. The van der Waals surface area contributed by atoms with Gasteiger partial charge in [0, 0.05) is 0 Å². The fourth-order valence-corrected chi connectivity index (χ4v) is 4.55. The molecule has 0 aliphatic rings. The molecule has 8 heteroatoms. The van der Waals surface area contributed by atoms with Crippen LogP contribution in [0.1, 0.15) is 6.92 Å². The topological polar surface area (TPSA) is 46.9 Å². The van der Waals surface area contributed by atoms with Crippen LogP contribution in [0.2, 0.25) is 0 Å². The molecular formula is C17H14FN3OS3. The second-order valence-corrected chi connectivity index (χ2v) is 8.32. The number of hydrogen-bond acceptors (Lipinski definition) is 5. The van der Waals surface area contributed by atoms with Crippen molar-refractivity contribution in [2.45, 2.75) is 16.5 Å². The third-order valence-electron chi connectivity index (χ3n) is 3.31. The van der Waals surface area contributed by atoms with Crippen LogP contribution in [0, 0.1) is 9.77 Å². The number of thioether (sulfide) groups is 1. The maximum absolute atomic E-state index is 13.6. The van der Waals surface area contributed by atoms with Crippen molar-refractivity contribution < 1.29 is 9.18 Å². The number of hydrogen-bond donors (Lipinski definition) is 1. The van der Waals surface area contributed by atoms with Crippen molar-refractivity contribution in [3.63, 3.8) is 0 Å². The lowest BCUT2D eigenvalue weighted by Gasteiger charge is -2.10. The number of anilines is 1. The molecule has 25 heavy (non-hydrogen) atoms. The molecule has 1 N–H and O–H groups in total. The molecule has 128 valence electrons. The third kappa shape index (κ3) is 4.33. The number of benzene rings is 2. The minimum absolute atomic E-state index is 0.169. The standard InChI is InChI=1S/C17H14FN3OS3/c1-11(15(22)19-14-10-6-5-9-13(14)18)24-16-20-21(17(23)25-16)12-7-3-2-4-8-12/h2-11H,1H3,(H,19,22)/t11-/m0/s1. The molecule has 0 saturated carbocycles. The molecule has 1 amide bonds. The summed E-state index contributed by atoms with van der Waals surface area (Å²) in [6.07, 6.45) is 0. The molecule has 0 fully saturated rings. The molecule has 0 unspecified atom stereocenters. The molecule has 4 nitrogen and oxygen atoms in total. The molecule has 0 spiro atoms. The van der Waals surface area contributed by atoms with Gasteiger partial charge in [0.15, 0.2) is 8.29 Å². The highest BCUT2D eigenvalue weighted by atomic mass is 32.2. The van der Waals surface area contributed by atoms with Crippen molar-refractivity contribution in [2.24, 2.45) is 0 Å². The molecule has 0 radical (unpaired) electrons. The first-order chi connectivity index (χ1) is 12.0. The van der Waals surface area contributed by atoms with E-state index in [1.807, 2.05) is 30.3 Å². The monoisotopic (exact) mass is 391 g/mol. The van der Waals surface area contributed by atoms with Gasteiger partial charge in [-0.2, -0.15) is 0 Å². The van der Waals surface area contributed by atoms with Gasteiger partial charge in [0.05, 0.1) is 16.6 Å². The summed E-state index contributed by atoms with van der Waals surface area (Å²) >= 11 is 7.98. The summed E-state index contributed by atoms with van der Waals surface area (Å²) in [5, 5.41) is 6.62. The second kappa shape index (κ2) is 7.90. The van der Waals surface area contributed by atoms with Crippen LogP contribution in [0.3, 0.4) is 0 Å². The predicted octanol–water partition coefficient (Wildman–Crippen LogP) is 4.92. The first kappa shape index (κ1) is 17.8. The van der Waals surface area contributed by atoms with Gasteiger partial charge in [-0.1, -0.05) is 53.4 Å². The minimum atomic E-state index is -0.461. The van der Waals surface area contributed by atoms with Crippen LogP contribution in [0.15, 0.2) is 58.9 Å².